The van der Waals surface area contributed by atoms with Crippen molar-refractivity contribution in [2.45, 2.75) is 0 Å². The molecule has 0 aliphatic heterocycles. The van der Waals surface area contributed by atoms with E-state index in [-0.39, 0.29) is 0 Å². The molecule has 2 heterocycles. The molecule has 42 heavy (non-hydrogen) atoms. The number of para-hydroxylation sites is 1. The van der Waals surface area contributed by atoms with Crippen LogP contribution in [0, 0.1) is 0 Å². The minimum atomic E-state index is 0.999. The van der Waals surface area contributed by atoms with Crippen LogP contribution in [0.1, 0.15) is 0 Å². The first kappa shape index (κ1) is 24.2. The van der Waals surface area contributed by atoms with E-state index in [0.29, 0.717) is 0 Å². The molecule has 2 heteroatoms. The highest BCUT2D eigenvalue weighted by Crippen LogP contribution is 2.44. The second kappa shape index (κ2) is 10.1. The van der Waals surface area contributed by atoms with Crippen molar-refractivity contribution in [2.24, 2.45) is 0 Å². The van der Waals surface area contributed by atoms with Gasteiger partial charge in [0.1, 0.15) is 0 Å². The number of aromatic nitrogens is 2. The van der Waals surface area contributed by atoms with E-state index in [4.69, 9.17) is 4.98 Å². The summed E-state index contributed by atoms with van der Waals surface area (Å²) in [4.78, 5) is 9.55. The number of nitrogens with zero attached hydrogens (tertiary/aromatic N) is 2. The van der Waals surface area contributed by atoms with Gasteiger partial charge in [-0.25, -0.2) is 4.98 Å². The van der Waals surface area contributed by atoms with Crippen molar-refractivity contribution in [1.29, 1.82) is 0 Å². The molecule has 2 nitrogen and oxygen atoms in total. The third-order valence-corrected chi connectivity index (χ3v) is 8.14. The van der Waals surface area contributed by atoms with Crippen molar-refractivity contribution in [3.63, 3.8) is 0 Å². The molecule has 0 bridgehead atoms. The van der Waals surface area contributed by atoms with Crippen LogP contribution in [0.2, 0.25) is 0 Å². The molecule has 0 atom stereocenters. The summed E-state index contributed by atoms with van der Waals surface area (Å²) in [5, 5.41) is 6.07. The number of fused-ring (bicyclic) bond motifs is 3. The fourth-order valence-corrected chi connectivity index (χ4v) is 6.23. The molecule has 8 rings (SSSR count). The summed E-state index contributed by atoms with van der Waals surface area (Å²) in [5.74, 6) is 0. The Balaban J connectivity index is 1.34. The monoisotopic (exact) mass is 534 g/mol. The quantitative estimate of drug-likeness (QED) is 0.210. The van der Waals surface area contributed by atoms with Gasteiger partial charge in [-0.15, -0.1) is 0 Å². The van der Waals surface area contributed by atoms with Crippen LogP contribution in [0.5, 0.6) is 0 Å². The summed E-state index contributed by atoms with van der Waals surface area (Å²) in [6.07, 6.45) is 3.79. The molecule has 0 saturated heterocycles. The van der Waals surface area contributed by atoms with E-state index in [0.717, 1.165) is 38.9 Å². The zero-order chi connectivity index (χ0) is 27.9. The van der Waals surface area contributed by atoms with Gasteiger partial charge in [0.25, 0.3) is 0 Å². The summed E-state index contributed by atoms with van der Waals surface area (Å²) < 4.78 is 0. The van der Waals surface area contributed by atoms with Crippen molar-refractivity contribution in [3.8, 4) is 44.6 Å². The highest BCUT2D eigenvalue weighted by molar-refractivity contribution is 6.21. The van der Waals surface area contributed by atoms with Crippen LogP contribution in [0.3, 0.4) is 0 Å². The molecule has 0 radical (unpaired) electrons. The van der Waals surface area contributed by atoms with Crippen LogP contribution in [-0.2, 0) is 0 Å². The third kappa shape index (κ3) is 4.05. The van der Waals surface area contributed by atoms with E-state index < -0.39 is 0 Å². The molecular weight excluding hydrogens is 508 g/mol. The second-order valence-electron chi connectivity index (χ2n) is 10.6. The summed E-state index contributed by atoms with van der Waals surface area (Å²) in [7, 11) is 0. The molecular formula is C40H26N2. The third-order valence-electron chi connectivity index (χ3n) is 8.14. The standard InChI is InChI=1S/C40H26N2/c1-2-11-29(12-3-1)40-36(25-30-13-4-9-19-37(30)42-40)27-20-22-28(23-21-27)38-32-15-5-7-17-34(32)39(31-14-10-24-41-26-31)35-18-8-6-16-33(35)38/h1-26H. The first-order valence-corrected chi connectivity index (χ1v) is 14.2. The highest BCUT2D eigenvalue weighted by atomic mass is 14.7. The Morgan fingerprint density at radius 2 is 0.952 bits per heavy atom. The predicted octanol–water partition coefficient (Wildman–Crippen LogP) is 10.6. The lowest BCUT2D eigenvalue weighted by molar-refractivity contribution is 1.33. The van der Waals surface area contributed by atoms with Gasteiger partial charge >= 0.3 is 0 Å². The van der Waals surface area contributed by atoms with Crippen molar-refractivity contribution < 1.29 is 0 Å². The second-order valence-corrected chi connectivity index (χ2v) is 10.6. The number of hydrogen-bond donors (Lipinski definition) is 0. The van der Waals surface area contributed by atoms with Gasteiger partial charge in [-0.2, -0.15) is 0 Å². The largest absolute Gasteiger partial charge is 0.264 e. The van der Waals surface area contributed by atoms with Gasteiger partial charge < -0.3 is 0 Å². The lowest BCUT2D eigenvalue weighted by Crippen LogP contribution is -1.92. The van der Waals surface area contributed by atoms with Crippen molar-refractivity contribution in [1.82, 2.24) is 9.97 Å². The van der Waals surface area contributed by atoms with Crippen LogP contribution in [0.15, 0.2) is 158 Å². The van der Waals surface area contributed by atoms with E-state index in [1.54, 1.807) is 0 Å². The van der Waals surface area contributed by atoms with E-state index in [2.05, 4.69) is 132 Å². The summed E-state index contributed by atoms with van der Waals surface area (Å²) in [6, 6.07) is 51.7. The Morgan fingerprint density at radius 1 is 0.405 bits per heavy atom. The van der Waals surface area contributed by atoms with Crippen LogP contribution < -0.4 is 0 Å². The molecule has 6 aromatic carbocycles. The van der Waals surface area contributed by atoms with E-state index >= 15 is 0 Å². The molecule has 196 valence electrons. The van der Waals surface area contributed by atoms with Crippen LogP contribution in [0.4, 0.5) is 0 Å². The maximum atomic E-state index is 5.12. The summed E-state index contributed by atoms with van der Waals surface area (Å²) in [5.41, 5.74) is 10.2. The molecule has 0 saturated carbocycles. The van der Waals surface area contributed by atoms with E-state index in [1.165, 1.54) is 38.2 Å². The van der Waals surface area contributed by atoms with Crippen molar-refractivity contribution in [3.05, 3.63) is 158 Å². The lowest BCUT2D eigenvalue weighted by atomic mass is 9.86. The normalized spacial score (nSPS) is 11.3. The topological polar surface area (TPSA) is 25.8 Å². The maximum Gasteiger partial charge on any atom is 0.0788 e. The molecule has 0 fully saturated rings. The number of pyridine rings is 2. The Kier molecular flexibility index (Phi) is 5.82. The average molecular weight is 535 g/mol. The molecule has 0 aliphatic rings. The van der Waals surface area contributed by atoms with Crippen LogP contribution in [-0.4, -0.2) is 9.97 Å². The van der Waals surface area contributed by atoms with Gasteiger partial charge in [0.2, 0.25) is 0 Å². The maximum absolute atomic E-state index is 5.12. The van der Waals surface area contributed by atoms with Crippen LogP contribution in [0.25, 0.3) is 77.1 Å². The van der Waals surface area contributed by atoms with Gasteiger partial charge in [-0.05, 0) is 62.0 Å². The molecule has 0 aliphatic carbocycles. The lowest BCUT2D eigenvalue weighted by Gasteiger charge is -2.18. The number of benzene rings is 6. The fourth-order valence-electron chi connectivity index (χ4n) is 6.23. The van der Waals surface area contributed by atoms with Crippen LogP contribution >= 0.6 is 0 Å². The number of hydrogen-bond acceptors (Lipinski definition) is 2. The van der Waals surface area contributed by atoms with E-state index in [1.807, 2.05) is 30.6 Å². The van der Waals surface area contributed by atoms with E-state index in [9.17, 15) is 0 Å². The minimum Gasteiger partial charge on any atom is -0.264 e. The average Bonchev–Trinajstić information content (AvgIpc) is 3.07. The zero-order valence-electron chi connectivity index (χ0n) is 22.9. The predicted molar refractivity (Wildman–Crippen MR) is 176 cm³/mol. The minimum absolute atomic E-state index is 0.999. The summed E-state index contributed by atoms with van der Waals surface area (Å²) >= 11 is 0. The van der Waals surface area contributed by atoms with Gasteiger partial charge in [0.05, 0.1) is 11.2 Å². The Hall–Kier alpha value is -5.60. The first-order chi connectivity index (χ1) is 20.8. The highest BCUT2D eigenvalue weighted by Gasteiger charge is 2.17. The van der Waals surface area contributed by atoms with Crippen molar-refractivity contribution >= 4 is 32.4 Å². The smallest absolute Gasteiger partial charge is 0.0788 e. The summed E-state index contributed by atoms with van der Waals surface area (Å²) in [6.45, 7) is 0. The van der Waals surface area contributed by atoms with Gasteiger partial charge in [-0.3, -0.25) is 4.98 Å². The zero-order valence-corrected chi connectivity index (χ0v) is 22.9. The Morgan fingerprint density at radius 3 is 1.60 bits per heavy atom. The Bertz CT molecular complexity index is 2160. The molecule has 2 aromatic heterocycles. The first-order valence-electron chi connectivity index (χ1n) is 14.2. The van der Waals surface area contributed by atoms with Gasteiger partial charge in [-0.1, -0.05) is 127 Å². The Labute approximate surface area is 244 Å². The van der Waals surface area contributed by atoms with Gasteiger partial charge in [0, 0.05) is 34.5 Å². The fraction of sp³-hybridized carbons (Fsp3) is 0. The molecule has 0 N–H and O–H groups in total. The van der Waals surface area contributed by atoms with Crippen molar-refractivity contribution in [2.75, 3.05) is 0 Å². The molecule has 0 amide bonds. The molecule has 8 aromatic rings. The SMILES string of the molecule is c1ccc(-c2nc3ccccc3cc2-c2ccc(-c3c4ccccc4c(-c4cccnc4)c4ccccc34)cc2)cc1. The van der Waals surface area contributed by atoms with Gasteiger partial charge in [0.15, 0.2) is 0 Å². The molecule has 0 unspecified atom stereocenters. The molecule has 0 spiro atoms. The number of rotatable bonds is 4.